The summed E-state index contributed by atoms with van der Waals surface area (Å²) >= 11 is 0. The summed E-state index contributed by atoms with van der Waals surface area (Å²) in [5.74, 6) is 0.0773. The Bertz CT molecular complexity index is 738. The third kappa shape index (κ3) is 2.76. The molecule has 0 spiro atoms. The number of aromatic nitrogens is 1. The monoisotopic (exact) mass is 299 g/mol. The third-order valence-corrected chi connectivity index (χ3v) is 4.43. The molecule has 1 aromatic carbocycles. The van der Waals surface area contributed by atoms with Crippen molar-refractivity contribution in [3.05, 3.63) is 46.4 Å². The maximum atomic E-state index is 12.1. The number of nitrogens with zero attached hydrogens (tertiary/aromatic N) is 1. The second-order valence-electron chi connectivity index (χ2n) is 5.78. The number of amides is 1. The number of hydrogen-bond donors (Lipinski definition) is 2. The van der Waals surface area contributed by atoms with E-state index in [4.69, 9.17) is 0 Å². The van der Waals surface area contributed by atoms with Crippen LogP contribution in [0.25, 0.3) is 10.8 Å². The molecule has 0 aliphatic carbocycles. The normalized spacial score (nSPS) is 19.2. The van der Waals surface area contributed by atoms with Crippen LogP contribution in [0, 0.1) is 0 Å². The lowest BCUT2D eigenvalue weighted by molar-refractivity contribution is -0.127. The SMILES string of the molecule is CNC(=O)C1CCCCN1Cc1c[nH]c(=O)c2ccccc12. The van der Waals surface area contributed by atoms with Crippen molar-refractivity contribution in [2.24, 2.45) is 0 Å². The Morgan fingerprint density at radius 3 is 2.86 bits per heavy atom. The molecule has 1 aromatic heterocycles. The number of hydrogen-bond acceptors (Lipinski definition) is 3. The highest BCUT2D eigenvalue weighted by atomic mass is 16.2. The smallest absolute Gasteiger partial charge is 0.255 e. The molecule has 1 atom stereocenters. The number of carbonyl (C=O) groups excluding carboxylic acids is 1. The van der Waals surface area contributed by atoms with E-state index in [1.165, 1.54) is 0 Å². The fourth-order valence-corrected chi connectivity index (χ4v) is 3.26. The minimum Gasteiger partial charge on any atom is -0.358 e. The second-order valence-corrected chi connectivity index (χ2v) is 5.78. The Kier molecular flexibility index (Phi) is 4.24. The summed E-state index contributed by atoms with van der Waals surface area (Å²) in [5.41, 5.74) is 0.992. The molecule has 5 heteroatoms. The van der Waals surface area contributed by atoms with Crippen LogP contribution in [0.2, 0.25) is 0 Å². The van der Waals surface area contributed by atoms with Crippen LogP contribution in [-0.2, 0) is 11.3 Å². The third-order valence-electron chi connectivity index (χ3n) is 4.43. The number of nitrogens with one attached hydrogen (secondary N) is 2. The molecule has 116 valence electrons. The lowest BCUT2D eigenvalue weighted by atomic mass is 9.99. The Morgan fingerprint density at radius 1 is 1.32 bits per heavy atom. The number of rotatable bonds is 3. The van der Waals surface area contributed by atoms with Crippen LogP contribution in [-0.4, -0.2) is 35.4 Å². The largest absolute Gasteiger partial charge is 0.358 e. The topological polar surface area (TPSA) is 65.2 Å². The van der Waals surface area contributed by atoms with Crippen LogP contribution >= 0.6 is 0 Å². The van der Waals surface area contributed by atoms with Crippen molar-refractivity contribution in [3.63, 3.8) is 0 Å². The Labute approximate surface area is 129 Å². The molecule has 1 amide bonds. The Balaban J connectivity index is 1.93. The number of H-pyrrole nitrogens is 1. The fourth-order valence-electron chi connectivity index (χ4n) is 3.26. The van der Waals surface area contributed by atoms with Gasteiger partial charge in [0.2, 0.25) is 5.91 Å². The van der Waals surface area contributed by atoms with Crippen LogP contribution in [0.1, 0.15) is 24.8 Å². The molecule has 1 aliphatic heterocycles. The fraction of sp³-hybridized carbons (Fsp3) is 0.412. The number of piperidine rings is 1. The molecule has 1 aliphatic rings. The van der Waals surface area contributed by atoms with Crippen molar-refractivity contribution in [2.75, 3.05) is 13.6 Å². The molecule has 5 nitrogen and oxygen atoms in total. The van der Waals surface area contributed by atoms with Gasteiger partial charge in [-0.2, -0.15) is 0 Å². The van der Waals surface area contributed by atoms with Gasteiger partial charge in [-0.05, 0) is 36.4 Å². The number of carbonyl (C=O) groups is 1. The molecular weight excluding hydrogens is 278 g/mol. The molecule has 3 rings (SSSR count). The van der Waals surface area contributed by atoms with E-state index in [9.17, 15) is 9.59 Å². The van der Waals surface area contributed by atoms with Crippen LogP contribution in [0.5, 0.6) is 0 Å². The molecule has 22 heavy (non-hydrogen) atoms. The molecule has 0 saturated carbocycles. The number of likely N-dealkylation sites (N-methyl/N-ethyl adjacent to an activating group) is 1. The molecule has 2 N–H and O–H groups in total. The van der Waals surface area contributed by atoms with Gasteiger partial charge in [0.25, 0.3) is 5.56 Å². The van der Waals surface area contributed by atoms with E-state index >= 15 is 0 Å². The molecule has 1 saturated heterocycles. The van der Waals surface area contributed by atoms with Gasteiger partial charge in [-0.15, -0.1) is 0 Å². The highest BCUT2D eigenvalue weighted by molar-refractivity contribution is 5.85. The average Bonchev–Trinajstić information content (AvgIpc) is 2.57. The van der Waals surface area contributed by atoms with Gasteiger partial charge in [-0.25, -0.2) is 0 Å². The zero-order chi connectivity index (χ0) is 15.5. The molecule has 1 fully saturated rings. The van der Waals surface area contributed by atoms with Gasteiger partial charge in [-0.1, -0.05) is 24.6 Å². The maximum Gasteiger partial charge on any atom is 0.255 e. The molecule has 0 bridgehead atoms. The van der Waals surface area contributed by atoms with E-state index in [1.807, 2.05) is 24.3 Å². The van der Waals surface area contributed by atoms with Crippen molar-refractivity contribution in [1.29, 1.82) is 0 Å². The molecular formula is C17H21N3O2. The predicted octanol–water partition coefficient (Wildman–Crippen LogP) is 1.63. The lowest BCUT2D eigenvalue weighted by Gasteiger charge is -2.34. The van der Waals surface area contributed by atoms with Crippen LogP contribution in [0.3, 0.4) is 0 Å². The summed E-state index contributed by atoms with van der Waals surface area (Å²) in [6.07, 6.45) is 4.86. The number of benzene rings is 1. The summed E-state index contributed by atoms with van der Waals surface area (Å²) in [6, 6.07) is 7.54. The first-order valence-electron chi connectivity index (χ1n) is 7.75. The first-order valence-corrected chi connectivity index (χ1v) is 7.75. The molecule has 2 aromatic rings. The van der Waals surface area contributed by atoms with E-state index in [2.05, 4.69) is 15.2 Å². The van der Waals surface area contributed by atoms with E-state index in [0.29, 0.717) is 11.9 Å². The van der Waals surface area contributed by atoms with E-state index in [1.54, 1.807) is 13.2 Å². The van der Waals surface area contributed by atoms with Crippen molar-refractivity contribution >= 4 is 16.7 Å². The average molecular weight is 299 g/mol. The van der Waals surface area contributed by atoms with Gasteiger partial charge in [0.15, 0.2) is 0 Å². The quantitative estimate of drug-likeness (QED) is 0.905. The number of likely N-dealkylation sites (tertiary alicyclic amines) is 1. The van der Waals surface area contributed by atoms with Gasteiger partial charge in [0, 0.05) is 25.2 Å². The van der Waals surface area contributed by atoms with Crippen molar-refractivity contribution in [1.82, 2.24) is 15.2 Å². The van der Waals surface area contributed by atoms with Gasteiger partial charge < -0.3 is 10.3 Å². The van der Waals surface area contributed by atoms with Crippen molar-refractivity contribution < 1.29 is 4.79 Å². The minimum atomic E-state index is -0.0792. The predicted molar refractivity (Wildman–Crippen MR) is 86.7 cm³/mol. The zero-order valence-electron chi connectivity index (χ0n) is 12.8. The number of aromatic amines is 1. The Hall–Kier alpha value is -2.14. The van der Waals surface area contributed by atoms with E-state index in [-0.39, 0.29) is 17.5 Å². The summed E-state index contributed by atoms with van der Waals surface area (Å²) in [4.78, 5) is 29.0. The minimum absolute atomic E-state index is 0.0687. The van der Waals surface area contributed by atoms with E-state index in [0.717, 1.165) is 36.8 Å². The van der Waals surface area contributed by atoms with Crippen molar-refractivity contribution in [2.45, 2.75) is 31.8 Å². The summed E-state index contributed by atoms with van der Waals surface area (Å²) in [5, 5.41) is 4.43. The summed E-state index contributed by atoms with van der Waals surface area (Å²) in [7, 11) is 1.69. The van der Waals surface area contributed by atoms with Crippen LogP contribution < -0.4 is 10.9 Å². The first-order chi connectivity index (χ1) is 10.7. The molecule has 1 unspecified atom stereocenters. The zero-order valence-corrected chi connectivity index (χ0v) is 12.8. The van der Waals surface area contributed by atoms with Gasteiger partial charge in [0.05, 0.1) is 6.04 Å². The number of pyridine rings is 1. The van der Waals surface area contributed by atoms with Gasteiger partial charge >= 0.3 is 0 Å². The molecule has 2 heterocycles. The van der Waals surface area contributed by atoms with Gasteiger partial charge in [-0.3, -0.25) is 14.5 Å². The Morgan fingerprint density at radius 2 is 2.09 bits per heavy atom. The number of fused-ring (bicyclic) bond motifs is 1. The lowest BCUT2D eigenvalue weighted by Crippen LogP contribution is -2.48. The van der Waals surface area contributed by atoms with E-state index < -0.39 is 0 Å². The maximum absolute atomic E-state index is 12.1. The second kappa shape index (κ2) is 6.32. The summed E-state index contributed by atoms with van der Waals surface area (Å²) in [6.45, 7) is 1.58. The van der Waals surface area contributed by atoms with Crippen LogP contribution in [0.15, 0.2) is 35.3 Å². The first kappa shape index (κ1) is 14.8. The van der Waals surface area contributed by atoms with Crippen LogP contribution in [0.4, 0.5) is 0 Å². The summed E-state index contributed by atoms with van der Waals surface area (Å²) < 4.78 is 0. The molecule has 0 radical (unpaired) electrons. The highest BCUT2D eigenvalue weighted by Gasteiger charge is 2.28. The van der Waals surface area contributed by atoms with Gasteiger partial charge in [0.1, 0.15) is 0 Å². The standard InChI is InChI=1S/C17H21N3O2/c1-18-17(22)15-8-4-5-9-20(15)11-12-10-19-16(21)14-7-3-2-6-13(12)14/h2-3,6-7,10,15H,4-5,8-9,11H2,1H3,(H,18,22)(H,19,21). The van der Waals surface area contributed by atoms with Crippen molar-refractivity contribution in [3.8, 4) is 0 Å². The highest BCUT2D eigenvalue weighted by Crippen LogP contribution is 2.22.